The van der Waals surface area contributed by atoms with Gasteiger partial charge in [0.25, 0.3) is 11.1 Å². The summed E-state index contributed by atoms with van der Waals surface area (Å²) in [5, 5.41) is 25.5. The first kappa shape index (κ1) is 50.8. The summed E-state index contributed by atoms with van der Waals surface area (Å²) in [5.41, 5.74) is 19.6. The predicted molar refractivity (Wildman–Crippen MR) is 308 cm³/mol. The van der Waals surface area contributed by atoms with Crippen molar-refractivity contribution in [2.75, 3.05) is 21.7 Å². The smallest absolute Gasteiger partial charge is 0.255 e. The number of aromatic nitrogens is 10. The standard InChI is InChI=1S/C30H27N7O.C19H15N7.C11H13ClO/c1-30(2,3)22-9-7-19(8-10-22)29(38)34-23-6-4-5-20(15-23)26-18-37-14-13-31-28(37)27(35-26)33-24-11-12-25-21(16-24)17-32-36-25;20-14-3-1-2-12(8-14)17-11-26-7-6-21-19(26)18(24-17)23-15-4-5-16-13(9-15)10-22-25-16;1-11(2,3)9-6-4-8(5-7-9)10(12)13/h4-18H,1-3H3,(H,32,36)(H,33,35)(H,34,38);1-11H,20H2,(H,22,25)(H,23,24);4-7H,1-3H3. The molecule has 0 spiro atoms. The molecule has 6 aromatic heterocycles. The molecule has 0 aliphatic heterocycles. The third-order valence-corrected chi connectivity index (χ3v) is 13.0. The molecule has 1 amide bonds. The Morgan fingerprint density at radius 3 is 1.52 bits per heavy atom. The highest BCUT2D eigenvalue weighted by atomic mass is 35.5. The summed E-state index contributed by atoms with van der Waals surface area (Å²) >= 11 is 5.33. The van der Waals surface area contributed by atoms with E-state index in [9.17, 15) is 9.59 Å². The zero-order chi connectivity index (χ0) is 53.8. The fourth-order valence-electron chi connectivity index (χ4n) is 8.50. The van der Waals surface area contributed by atoms with Crippen molar-refractivity contribution >= 4 is 90.2 Å². The van der Waals surface area contributed by atoms with Crippen LogP contribution in [-0.2, 0) is 10.8 Å². The number of nitrogens with two attached hydrogens (primary N) is 1. The largest absolute Gasteiger partial charge is 0.399 e. The number of anilines is 6. The van der Waals surface area contributed by atoms with Crippen LogP contribution in [0.1, 0.15) is 73.4 Å². The summed E-state index contributed by atoms with van der Waals surface area (Å²) in [6, 6.07) is 42.5. The summed E-state index contributed by atoms with van der Waals surface area (Å²) < 4.78 is 3.88. The molecule has 0 atom stereocenters. The molecule has 77 heavy (non-hydrogen) atoms. The van der Waals surface area contributed by atoms with E-state index in [1.54, 1.807) is 36.9 Å². The van der Waals surface area contributed by atoms with Gasteiger partial charge in [0.2, 0.25) is 0 Å². The number of nitrogens with one attached hydrogen (secondary N) is 5. The number of imidazole rings is 2. The van der Waals surface area contributed by atoms with E-state index < -0.39 is 5.24 Å². The molecule has 12 aromatic rings. The zero-order valence-corrected chi connectivity index (χ0v) is 43.9. The molecule has 0 saturated carbocycles. The van der Waals surface area contributed by atoms with Gasteiger partial charge in [-0.15, -0.1) is 0 Å². The van der Waals surface area contributed by atoms with Crippen molar-refractivity contribution in [3.63, 3.8) is 0 Å². The van der Waals surface area contributed by atoms with Crippen molar-refractivity contribution in [1.29, 1.82) is 0 Å². The maximum atomic E-state index is 12.9. The lowest BCUT2D eigenvalue weighted by Crippen LogP contribution is -2.14. The summed E-state index contributed by atoms with van der Waals surface area (Å²) in [7, 11) is 0. The minimum atomic E-state index is -0.402. The third kappa shape index (κ3) is 11.8. The number of fused-ring (bicyclic) bond motifs is 4. The van der Waals surface area contributed by atoms with Gasteiger partial charge in [0, 0.05) is 93.0 Å². The normalized spacial score (nSPS) is 11.5. The van der Waals surface area contributed by atoms with E-state index in [1.165, 1.54) is 11.1 Å². The molecule has 384 valence electrons. The molecule has 17 heteroatoms. The summed E-state index contributed by atoms with van der Waals surface area (Å²) in [6.45, 7) is 12.9. The molecular weight excluding hydrogens is 984 g/mol. The quantitative estimate of drug-likeness (QED) is 0.0591. The van der Waals surface area contributed by atoms with E-state index in [0.717, 1.165) is 61.3 Å². The average Bonchev–Trinajstić information content (AvgIpc) is 4.29. The molecule has 0 unspecified atom stereocenters. The number of rotatable bonds is 9. The van der Waals surface area contributed by atoms with E-state index in [4.69, 9.17) is 27.3 Å². The first-order chi connectivity index (χ1) is 37.0. The predicted octanol–water partition coefficient (Wildman–Crippen LogP) is 13.5. The fraction of sp³-hybridized carbons (Fsp3) is 0.133. The first-order valence-electron chi connectivity index (χ1n) is 24.8. The van der Waals surface area contributed by atoms with E-state index in [1.807, 2.05) is 155 Å². The molecule has 0 radical (unpaired) electrons. The maximum absolute atomic E-state index is 12.9. The van der Waals surface area contributed by atoms with Gasteiger partial charge < -0.3 is 30.5 Å². The second kappa shape index (κ2) is 21.3. The second-order valence-corrected chi connectivity index (χ2v) is 20.8. The Morgan fingerprint density at radius 2 is 1.04 bits per heavy atom. The molecular formula is C60H55ClN14O2. The second-order valence-electron chi connectivity index (χ2n) is 20.4. The van der Waals surface area contributed by atoms with Crippen LogP contribution in [0, 0.1) is 0 Å². The number of hydrogen-bond donors (Lipinski definition) is 6. The average molecular weight is 1040 g/mol. The number of carbonyl (C=O) groups is 2. The van der Waals surface area contributed by atoms with Gasteiger partial charge in [-0.25, -0.2) is 19.9 Å². The number of aromatic amines is 2. The summed E-state index contributed by atoms with van der Waals surface area (Å²) in [4.78, 5) is 42.3. The Hall–Kier alpha value is -9.67. The number of halogens is 1. The Balaban J connectivity index is 0.000000148. The van der Waals surface area contributed by atoms with E-state index >= 15 is 0 Å². The van der Waals surface area contributed by atoms with E-state index in [0.29, 0.717) is 39.8 Å². The number of nitrogens with zero attached hydrogens (tertiary/aromatic N) is 8. The van der Waals surface area contributed by atoms with Crippen LogP contribution in [-0.4, -0.2) is 60.3 Å². The minimum Gasteiger partial charge on any atom is -0.399 e. The SMILES string of the molecule is CC(C)(C)c1ccc(C(=O)Cl)cc1.CC(C)(C)c1ccc(C(=O)Nc2cccc(-c3cn4ccnc4c(Nc4ccc5[nH]ncc5c4)n3)c2)cc1.Nc1cccc(-c2cn3ccnc3c(Nc3ccc4[nH]ncc4c3)n2)c1. The van der Waals surface area contributed by atoms with Crippen LogP contribution in [0.3, 0.4) is 0 Å². The van der Waals surface area contributed by atoms with E-state index in [2.05, 4.69) is 87.9 Å². The molecule has 16 nitrogen and oxygen atoms in total. The molecule has 6 aromatic carbocycles. The lowest BCUT2D eigenvalue weighted by molar-refractivity contribution is 0.102. The van der Waals surface area contributed by atoms with Crippen molar-refractivity contribution in [3.8, 4) is 22.5 Å². The molecule has 7 N–H and O–H groups in total. The van der Waals surface area contributed by atoms with Crippen LogP contribution in [0.2, 0.25) is 0 Å². The van der Waals surface area contributed by atoms with Crippen molar-refractivity contribution in [2.45, 2.75) is 52.4 Å². The lowest BCUT2D eigenvalue weighted by Gasteiger charge is -2.19. The van der Waals surface area contributed by atoms with Gasteiger partial charge in [0.1, 0.15) is 0 Å². The number of benzene rings is 6. The molecule has 0 aliphatic carbocycles. The Bertz CT molecular complexity index is 4070. The highest BCUT2D eigenvalue weighted by molar-refractivity contribution is 6.67. The van der Waals surface area contributed by atoms with Crippen LogP contribution in [0.4, 0.5) is 34.4 Å². The summed E-state index contributed by atoms with van der Waals surface area (Å²) in [5.74, 6) is 1.15. The Labute approximate surface area is 448 Å². The number of nitrogen functional groups attached to an aromatic ring is 1. The maximum Gasteiger partial charge on any atom is 0.255 e. The lowest BCUT2D eigenvalue weighted by atomic mass is 9.87. The van der Waals surface area contributed by atoms with Gasteiger partial charge in [0.15, 0.2) is 22.9 Å². The topological polar surface area (TPSA) is 214 Å². The fourth-order valence-corrected chi connectivity index (χ4v) is 8.63. The molecule has 0 aliphatic rings. The van der Waals surface area contributed by atoms with Gasteiger partial charge >= 0.3 is 0 Å². The first-order valence-corrected chi connectivity index (χ1v) is 25.1. The monoisotopic (exact) mass is 1040 g/mol. The van der Waals surface area contributed by atoms with Crippen molar-refractivity contribution in [2.24, 2.45) is 0 Å². The van der Waals surface area contributed by atoms with Crippen LogP contribution in [0.5, 0.6) is 0 Å². The molecule has 0 fully saturated rings. The van der Waals surface area contributed by atoms with Crippen LogP contribution >= 0.6 is 11.6 Å². The molecule has 6 heterocycles. The molecule has 0 saturated heterocycles. The Kier molecular flexibility index (Phi) is 14.1. The third-order valence-electron chi connectivity index (χ3n) is 12.7. The minimum absolute atomic E-state index is 0.0341. The van der Waals surface area contributed by atoms with Crippen LogP contribution in [0.15, 0.2) is 183 Å². The molecule has 0 bridgehead atoms. The number of carbonyl (C=O) groups excluding carboxylic acids is 2. The van der Waals surface area contributed by atoms with Crippen LogP contribution in [0.25, 0.3) is 55.6 Å². The zero-order valence-electron chi connectivity index (χ0n) is 43.2. The number of hydrogen-bond acceptors (Lipinski definition) is 11. The van der Waals surface area contributed by atoms with Crippen molar-refractivity contribution in [1.82, 2.24) is 49.1 Å². The van der Waals surface area contributed by atoms with Crippen molar-refractivity contribution < 1.29 is 9.59 Å². The van der Waals surface area contributed by atoms with E-state index in [-0.39, 0.29) is 16.7 Å². The van der Waals surface area contributed by atoms with Crippen molar-refractivity contribution in [3.05, 3.63) is 205 Å². The van der Waals surface area contributed by atoms with Crippen LogP contribution < -0.4 is 21.7 Å². The van der Waals surface area contributed by atoms with Gasteiger partial charge in [-0.05, 0) is 118 Å². The van der Waals surface area contributed by atoms with Gasteiger partial charge in [0.05, 0.1) is 34.8 Å². The number of amides is 1. The highest BCUT2D eigenvalue weighted by Crippen LogP contribution is 2.30. The highest BCUT2D eigenvalue weighted by Gasteiger charge is 2.17. The summed E-state index contributed by atoms with van der Waals surface area (Å²) in [6.07, 6.45) is 14.7. The van der Waals surface area contributed by atoms with Gasteiger partial charge in [-0.3, -0.25) is 19.8 Å². The number of H-pyrrole nitrogens is 2. The molecule has 12 rings (SSSR count). The Morgan fingerprint density at radius 1 is 0.558 bits per heavy atom. The van der Waals surface area contributed by atoms with Gasteiger partial charge in [-0.2, -0.15) is 10.2 Å². The van der Waals surface area contributed by atoms with Gasteiger partial charge in [-0.1, -0.05) is 90.1 Å².